The molecule has 0 aliphatic rings. The number of halogens is 2. The average molecular weight is 323 g/mol. The summed E-state index contributed by atoms with van der Waals surface area (Å²) in [7, 11) is 0. The summed E-state index contributed by atoms with van der Waals surface area (Å²) in [4.78, 5) is 27.1. The van der Waals surface area contributed by atoms with E-state index in [0.717, 1.165) is 6.07 Å². The summed E-state index contributed by atoms with van der Waals surface area (Å²) in [6, 6.07) is 7.29. The van der Waals surface area contributed by atoms with Gasteiger partial charge in [-0.05, 0) is 23.8 Å². The molecule has 7 heteroatoms. The number of aliphatic carboxylic acids is 1. The zero-order chi connectivity index (χ0) is 16.1. The van der Waals surface area contributed by atoms with Crippen LogP contribution in [0.25, 0.3) is 0 Å². The highest BCUT2D eigenvalue weighted by Crippen LogP contribution is 2.10. The second-order valence-corrected chi connectivity index (χ2v) is 4.92. The van der Waals surface area contributed by atoms with Crippen LogP contribution in [-0.2, 0) is 11.2 Å². The fraction of sp³-hybridized carbons (Fsp3) is 0.133. The Kier molecular flexibility index (Phi) is 5.06. The number of amides is 1. The molecule has 2 rings (SSSR count). The second kappa shape index (κ2) is 7.00. The maximum atomic E-state index is 13.5. The minimum atomic E-state index is -1.22. The van der Waals surface area contributed by atoms with E-state index in [-0.39, 0.29) is 17.1 Å². The molecule has 1 atom stereocenters. The lowest BCUT2D eigenvalue weighted by atomic mass is 10.1. The predicted molar refractivity (Wildman–Crippen MR) is 78.2 cm³/mol. The molecule has 1 heterocycles. The standard InChI is InChI=1S/C15H12ClFN2O3/c16-13-6-5-9(8-18-13)7-12(15(21)22)19-14(20)10-3-1-2-4-11(10)17/h1-6,8,12H,7H2,(H,19,20)(H,21,22)/t12-/m1/s1. The first kappa shape index (κ1) is 15.9. The summed E-state index contributed by atoms with van der Waals surface area (Å²) in [6.45, 7) is 0. The summed E-state index contributed by atoms with van der Waals surface area (Å²) >= 11 is 5.65. The molecule has 0 spiro atoms. The number of nitrogens with zero attached hydrogens (tertiary/aromatic N) is 1. The highest BCUT2D eigenvalue weighted by Gasteiger charge is 2.22. The van der Waals surface area contributed by atoms with Crippen molar-refractivity contribution in [3.63, 3.8) is 0 Å². The summed E-state index contributed by atoms with van der Waals surface area (Å²) < 4.78 is 13.5. The zero-order valence-electron chi connectivity index (χ0n) is 11.3. The number of hydrogen-bond donors (Lipinski definition) is 2. The van der Waals surface area contributed by atoms with Gasteiger partial charge in [-0.2, -0.15) is 0 Å². The van der Waals surface area contributed by atoms with Gasteiger partial charge in [0.15, 0.2) is 0 Å². The number of carboxylic acid groups (broad SMARTS) is 1. The molecule has 0 fully saturated rings. The second-order valence-electron chi connectivity index (χ2n) is 4.54. The van der Waals surface area contributed by atoms with Crippen LogP contribution in [0.5, 0.6) is 0 Å². The van der Waals surface area contributed by atoms with Gasteiger partial charge in [0.25, 0.3) is 5.91 Å². The van der Waals surface area contributed by atoms with E-state index in [4.69, 9.17) is 11.6 Å². The average Bonchev–Trinajstić information content (AvgIpc) is 2.49. The number of carboxylic acids is 1. The van der Waals surface area contributed by atoms with Crippen LogP contribution < -0.4 is 5.32 Å². The number of carbonyl (C=O) groups excluding carboxylic acids is 1. The SMILES string of the molecule is O=C(N[C@H](Cc1ccc(Cl)nc1)C(=O)O)c1ccccc1F. The molecule has 0 radical (unpaired) electrons. The van der Waals surface area contributed by atoms with Gasteiger partial charge in [-0.15, -0.1) is 0 Å². The van der Waals surface area contributed by atoms with Crippen LogP contribution in [0, 0.1) is 5.82 Å². The molecule has 5 nitrogen and oxygen atoms in total. The lowest BCUT2D eigenvalue weighted by molar-refractivity contribution is -0.139. The minimum absolute atomic E-state index is 0.0136. The smallest absolute Gasteiger partial charge is 0.326 e. The summed E-state index contributed by atoms with van der Waals surface area (Å²) in [5, 5.41) is 11.8. The fourth-order valence-corrected chi connectivity index (χ4v) is 1.96. The van der Waals surface area contributed by atoms with Crippen molar-refractivity contribution in [2.45, 2.75) is 12.5 Å². The molecular formula is C15H12ClFN2O3. The third kappa shape index (κ3) is 4.02. The number of rotatable bonds is 5. The van der Waals surface area contributed by atoms with E-state index in [2.05, 4.69) is 10.3 Å². The Balaban J connectivity index is 2.12. The quantitative estimate of drug-likeness (QED) is 0.828. The van der Waals surface area contributed by atoms with E-state index in [1.165, 1.54) is 30.5 Å². The number of pyridine rings is 1. The van der Waals surface area contributed by atoms with Crippen molar-refractivity contribution in [3.8, 4) is 0 Å². The van der Waals surface area contributed by atoms with Gasteiger partial charge >= 0.3 is 5.97 Å². The molecular weight excluding hydrogens is 311 g/mol. The lowest BCUT2D eigenvalue weighted by Crippen LogP contribution is -2.42. The molecule has 2 aromatic rings. The van der Waals surface area contributed by atoms with Gasteiger partial charge in [0.1, 0.15) is 17.0 Å². The molecule has 114 valence electrons. The van der Waals surface area contributed by atoms with Crippen molar-refractivity contribution < 1.29 is 19.1 Å². The number of aromatic nitrogens is 1. The first-order valence-electron chi connectivity index (χ1n) is 6.36. The molecule has 0 saturated carbocycles. The Hall–Kier alpha value is -2.47. The van der Waals surface area contributed by atoms with Crippen LogP contribution in [0.15, 0.2) is 42.6 Å². The normalized spacial score (nSPS) is 11.7. The molecule has 0 aliphatic carbocycles. The Bertz CT molecular complexity index is 691. The van der Waals surface area contributed by atoms with E-state index in [1.54, 1.807) is 6.07 Å². The van der Waals surface area contributed by atoms with Gasteiger partial charge in [0.2, 0.25) is 0 Å². The van der Waals surface area contributed by atoms with Gasteiger partial charge in [0, 0.05) is 12.6 Å². The molecule has 1 aromatic carbocycles. The maximum absolute atomic E-state index is 13.5. The largest absolute Gasteiger partial charge is 0.480 e. The first-order valence-corrected chi connectivity index (χ1v) is 6.74. The number of carbonyl (C=O) groups is 2. The first-order chi connectivity index (χ1) is 10.5. The highest BCUT2D eigenvalue weighted by atomic mass is 35.5. The zero-order valence-corrected chi connectivity index (χ0v) is 12.0. The molecule has 0 unspecified atom stereocenters. The lowest BCUT2D eigenvalue weighted by Gasteiger charge is -2.14. The number of nitrogens with one attached hydrogen (secondary N) is 1. The van der Waals surface area contributed by atoms with E-state index in [0.29, 0.717) is 5.56 Å². The number of hydrogen-bond acceptors (Lipinski definition) is 3. The molecule has 2 N–H and O–H groups in total. The van der Waals surface area contributed by atoms with Crippen LogP contribution in [-0.4, -0.2) is 28.0 Å². The van der Waals surface area contributed by atoms with Gasteiger partial charge < -0.3 is 10.4 Å². The summed E-state index contributed by atoms with van der Waals surface area (Å²) in [5.74, 6) is -2.72. The van der Waals surface area contributed by atoms with Crippen LogP contribution >= 0.6 is 11.6 Å². The van der Waals surface area contributed by atoms with Crippen molar-refractivity contribution in [2.75, 3.05) is 0 Å². The Morgan fingerprint density at radius 1 is 1.27 bits per heavy atom. The third-order valence-electron chi connectivity index (χ3n) is 2.95. The van der Waals surface area contributed by atoms with Gasteiger partial charge in [0.05, 0.1) is 5.56 Å². The predicted octanol–water partition coefficient (Wildman–Crippen LogP) is 2.30. The fourth-order valence-electron chi connectivity index (χ4n) is 1.84. The van der Waals surface area contributed by atoms with Crippen molar-refractivity contribution in [2.24, 2.45) is 0 Å². The summed E-state index contributed by atoms with van der Waals surface area (Å²) in [6.07, 6.45) is 1.44. The van der Waals surface area contributed by atoms with Crippen LogP contribution in [0.1, 0.15) is 15.9 Å². The van der Waals surface area contributed by atoms with E-state index in [9.17, 15) is 19.1 Å². The molecule has 0 saturated heterocycles. The Morgan fingerprint density at radius 3 is 2.59 bits per heavy atom. The van der Waals surface area contributed by atoms with Crippen LogP contribution in [0.4, 0.5) is 4.39 Å². The van der Waals surface area contributed by atoms with Gasteiger partial charge in [-0.3, -0.25) is 4.79 Å². The van der Waals surface area contributed by atoms with Crippen LogP contribution in [0.2, 0.25) is 5.15 Å². The van der Waals surface area contributed by atoms with E-state index < -0.39 is 23.7 Å². The van der Waals surface area contributed by atoms with Crippen molar-refractivity contribution in [1.29, 1.82) is 0 Å². The van der Waals surface area contributed by atoms with Crippen molar-refractivity contribution >= 4 is 23.5 Å². The third-order valence-corrected chi connectivity index (χ3v) is 3.17. The molecule has 0 aliphatic heterocycles. The monoisotopic (exact) mass is 322 g/mol. The van der Waals surface area contributed by atoms with Crippen molar-refractivity contribution in [3.05, 3.63) is 64.7 Å². The van der Waals surface area contributed by atoms with Gasteiger partial charge in [-0.25, -0.2) is 14.2 Å². The molecule has 1 amide bonds. The van der Waals surface area contributed by atoms with Crippen molar-refractivity contribution in [1.82, 2.24) is 10.3 Å². The Labute approximate surface area is 130 Å². The topological polar surface area (TPSA) is 79.3 Å². The van der Waals surface area contributed by atoms with E-state index in [1.807, 2.05) is 0 Å². The molecule has 1 aromatic heterocycles. The van der Waals surface area contributed by atoms with Gasteiger partial charge in [-0.1, -0.05) is 29.8 Å². The Morgan fingerprint density at radius 2 is 2.00 bits per heavy atom. The maximum Gasteiger partial charge on any atom is 0.326 e. The number of benzene rings is 1. The summed E-state index contributed by atoms with van der Waals surface area (Å²) in [5.41, 5.74) is 0.383. The highest BCUT2D eigenvalue weighted by molar-refractivity contribution is 6.29. The van der Waals surface area contributed by atoms with Crippen LogP contribution in [0.3, 0.4) is 0 Å². The molecule has 22 heavy (non-hydrogen) atoms. The molecule has 0 bridgehead atoms. The minimum Gasteiger partial charge on any atom is -0.480 e. The van der Waals surface area contributed by atoms with E-state index >= 15 is 0 Å².